The summed E-state index contributed by atoms with van der Waals surface area (Å²) in [5.41, 5.74) is 0.298. The highest BCUT2D eigenvalue weighted by Gasteiger charge is 2.27. The van der Waals surface area contributed by atoms with Crippen molar-refractivity contribution in [3.63, 3.8) is 0 Å². The van der Waals surface area contributed by atoms with Gasteiger partial charge in [0.1, 0.15) is 0 Å². The number of nitrogens with zero attached hydrogens (tertiary/aromatic N) is 2. The molecule has 0 aliphatic carbocycles. The Morgan fingerprint density at radius 2 is 2.15 bits per heavy atom. The number of hydrogen-bond donors (Lipinski definition) is 0. The van der Waals surface area contributed by atoms with Crippen molar-refractivity contribution in [2.45, 2.75) is 20.8 Å². The molecule has 2 heteroatoms. The van der Waals surface area contributed by atoms with Gasteiger partial charge in [0.2, 0.25) is 5.35 Å². The molecule has 1 aromatic rings. The largest absolute Gasteiger partial charge is 0.252 e. The first-order chi connectivity index (χ1) is 6.07. The van der Waals surface area contributed by atoms with Gasteiger partial charge in [-0.25, -0.2) is 0 Å². The molecule has 0 aromatic carbocycles. The van der Waals surface area contributed by atoms with Gasteiger partial charge in [0.15, 0.2) is 12.4 Å². The molecule has 0 amide bonds. The van der Waals surface area contributed by atoms with Gasteiger partial charge >= 0.3 is 0 Å². The fourth-order valence-corrected chi connectivity index (χ4v) is 1.52. The molecule has 1 aliphatic rings. The van der Waals surface area contributed by atoms with Crippen LogP contribution in [0, 0.1) is 17.5 Å². The number of hydrogen-bond acceptors (Lipinski definition) is 1. The Bertz CT molecular complexity index is 391. The van der Waals surface area contributed by atoms with E-state index in [0.717, 1.165) is 0 Å². The first kappa shape index (κ1) is 8.42. The summed E-state index contributed by atoms with van der Waals surface area (Å²) in [4.78, 5) is 4.10. The topological polar surface area (TPSA) is 18.8 Å². The minimum atomic E-state index is 0.298. The molecule has 0 N–H and O–H groups in total. The highest BCUT2D eigenvalue weighted by molar-refractivity contribution is 5.25. The van der Waals surface area contributed by atoms with E-state index in [0.29, 0.717) is 11.3 Å². The SMILES string of the molecule is CC(C)(C)C1C=c2cncc[n+]2=C1. The molecule has 0 saturated heterocycles. The highest BCUT2D eigenvalue weighted by Crippen LogP contribution is 2.27. The lowest BCUT2D eigenvalue weighted by Gasteiger charge is -2.19. The number of aromatic nitrogens is 2. The zero-order valence-corrected chi connectivity index (χ0v) is 8.36. The summed E-state index contributed by atoms with van der Waals surface area (Å²) in [6, 6.07) is 0. The molecule has 0 saturated carbocycles. The maximum absolute atomic E-state index is 4.10. The van der Waals surface area contributed by atoms with Crippen LogP contribution in [0.4, 0.5) is 0 Å². The Morgan fingerprint density at radius 1 is 1.38 bits per heavy atom. The lowest BCUT2D eigenvalue weighted by molar-refractivity contribution is -0.524. The first-order valence-electron chi connectivity index (χ1n) is 4.62. The van der Waals surface area contributed by atoms with E-state index >= 15 is 0 Å². The Labute approximate surface area is 78.3 Å². The molecule has 0 radical (unpaired) electrons. The third-order valence-electron chi connectivity index (χ3n) is 2.49. The highest BCUT2D eigenvalue weighted by atomic mass is 14.9. The van der Waals surface area contributed by atoms with Crippen molar-refractivity contribution in [1.82, 2.24) is 4.98 Å². The molecule has 0 bridgehead atoms. The second-order valence-corrected chi connectivity index (χ2v) is 4.62. The van der Waals surface area contributed by atoms with E-state index < -0.39 is 0 Å². The molecule has 2 nitrogen and oxygen atoms in total. The zero-order chi connectivity index (χ0) is 9.47. The van der Waals surface area contributed by atoms with Crippen molar-refractivity contribution in [3.8, 4) is 0 Å². The van der Waals surface area contributed by atoms with Crippen molar-refractivity contribution in [1.29, 1.82) is 0 Å². The summed E-state index contributed by atoms with van der Waals surface area (Å²) < 4.78 is 2.14. The molecule has 0 spiro atoms. The van der Waals surface area contributed by atoms with Crippen LogP contribution < -0.4 is 9.59 Å². The summed E-state index contributed by atoms with van der Waals surface area (Å²) in [7, 11) is 0. The molecule has 2 heterocycles. The van der Waals surface area contributed by atoms with Crippen LogP contribution in [0.15, 0.2) is 18.6 Å². The van der Waals surface area contributed by atoms with Crippen LogP contribution in [0.5, 0.6) is 0 Å². The van der Waals surface area contributed by atoms with E-state index in [-0.39, 0.29) is 0 Å². The molecule has 68 valence electrons. The Morgan fingerprint density at radius 3 is 2.77 bits per heavy atom. The Kier molecular flexibility index (Phi) is 1.72. The average Bonchev–Trinajstić information content (AvgIpc) is 2.45. The monoisotopic (exact) mass is 175 g/mol. The van der Waals surface area contributed by atoms with Crippen LogP contribution in [0.25, 0.3) is 6.08 Å². The van der Waals surface area contributed by atoms with E-state index in [9.17, 15) is 0 Å². The smallest absolute Gasteiger partial charge is 0.225 e. The van der Waals surface area contributed by atoms with Gasteiger partial charge in [-0.15, -0.1) is 0 Å². The maximum Gasteiger partial charge on any atom is 0.225 e. The standard InChI is InChI=1S/C11H15N2/c1-11(2,3)9-6-10-7-12-4-5-13(10)8-9/h4-9H,1-3H3/q+1. The van der Waals surface area contributed by atoms with E-state index in [4.69, 9.17) is 0 Å². The Hall–Kier alpha value is -1.18. The molecular formula is C11H15N2+. The normalized spacial score (nSPS) is 20.4. The first-order valence-corrected chi connectivity index (χ1v) is 4.62. The van der Waals surface area contributed by atoms with Gasteiger partial charge in [-0.2, -0.15) is 4.24 Å². The van der Waals surface area contributed by atoms with Crippen LogP contribution in [0.2, 0.25) is 0 Å². The van der Waals surface area contributed by atoms with Gasteiger partial charge in [0, 0.05) is 6.08 Å². The second-order valence-electron chi connectivity index (χ2n) is 4.62. The van der Waals surface area contributed by atoms with Crippen LogP contribution in [-0.2, 0) is 0 Å². The molecule has 13 heavy (non-hydrogen) atoms. The summed E-state index contributed by atoms with van der Waals surface area (Å²) in [6.45, 7) is 6.76. The summed E-state index contributed by atoms with van der Waals surface area (Å²) in [5.74, 6) is 0.511. The molecule has 1 aliphatic heterocycles. The van der Waals surface area contributed by atoms with E-state index in [1.54, 1.807) is 0 Å². The van der Waals surface area contributed by atoms with Crippen molar-refractivity contribution in [2.24, 2.45) is 11.3 Å². The Balaban J connectivity index is 2.53. The van der Waals surface area contributed by atoms with Crippen LogP contribution in [0.1, 0.15) is 20.8 Å². The van der Waals surface area contributed by atoms with Crippen LogP contribution in [0.3, 0.4) is 0 Å². The quantitative estimate of drug-likeness (QED) is 0.534. The molecule has 2 rings (SSSR count). The fraction of sp³-hybridized carbons (Fsp3) is 0.455. The predicted octanol–water partition coefficient (Wildman–Crippen LogP) is 0.835. The van der Waals surface area contributed by atoms with Crippen molar-refractivity contribution >= 4 is 6.08 Å². The van der Waals surface area contributed by atoms with E-state index in [1.807, 2.05) is 18.6 Å². The lowest BCUT2D eigenvalue weighted by atomic mass is 9.82. The van der Waals surface area contributed by atoms with Gasteiger partial charge in [-0.3, -0.25) is 4.98 Å². The molecule has 1 unspecified atom stereocenters. The van der Waals surface area contributed by atoms with Gasteiger partial charge < -0.3 is 0 Å². The van der Waals surface area contributed by atoms with E-state index in [2.05, 4.69) is 42.3 Å². The molecule has 1 aromatic heterocycles. The van der Waals surface area contributed by atoms with Crippen molar-refractivity contribution < 1.29 is 4.24 Å². The summed E-state index contributed by atoms with van der Waals surface area (Å²) in [5, 5.41) is 1.20. The molecule has 1 atom stereocenters. The molecular weight excluding hydrogens is 160 g/mol. The van der Waals surface area contributed by atoms with Gasteiger partial charge in [-0.05, 0) is 5.41 Å². The minimum Gasteiger partial charge on any atom is -0.252 e. The second kappa shape index (κ2) is 2.66. The summed E-state index contributed by atoms with van der Waals surface area (Å²) >= 11 is 0. The summed E-state index contributed by atoms with van der Waals surface area (Å²) in [6.07, 6.45) is 10.2. The van der Waals surface area contributed by atoms with Gasteiger partial charge in [0.25, 0.3) is 0 Å². The lowest BCUT2D eigenvalue weighted by Crippen LogP contribution is -2.33. The predicted molar refractivity (Wildman–Crippen MR) is 51.2 cm³/mol. The van der Waals surface area contributed by atoms with Gasteiger partial charge in [0.05, 0.1) is 18.3 Å². The van der Waals surface area contributed by atoms with Crippen molar-refractivity contribution in [3.05, 3.63) is 30.2 Å². The fourth-order valence-electron chi connectivity index (χ4n) is 1.52. The average molecular weight is 175 g/mol. The minimum absolute atomic E-state index is 0.298. The van der Waals surface area contributed by atoms with Crippen LogP contribution >= 0.6 is 0 Å². The van der Waals surface area contributed by atoms with Gasteiger partial charge in [-0.1, -0.05) is 20.8 Å². The zero-order valence-electron chi connectivity index (χ0n) is 8.36. The van der Waals surface area contributed by atoms with Crippen LogP contribution in [-0.4, -0.2) is 4.98 Å². The third-order valence-corrected chi connectivity index (χ3v) is 2.49. The van der Waals surface area contributed by atoms with Crippen molar-refractivity contribution in [2.75, 3.05) is 0 Å². The third kappa shape index (κ3) is 1.48. The maximum atomic E-state index is 4.10. The van der Waals surface area contributed by atoms with E-state index in [1.165, 1.54) is 5.35 Å². The number of fused-ring (bicyclic) bond motifs is 1. The molecule has 0 fully saturated rings. The number of rotatable bonds is 0.